The highest BCUT2D eigenvalue weighted by molar-refractivity contribution is 7.47. The summed E-state index contributed by atoms with van der Waals surface area (Å²) in [6.45, 7) is 4.92. The molecule has 3 N–H and O–H groups in total. The molecule has 0 aliphatic carbocycles. The van der Waals surface area contributed by atoms with Gasteiger partial charge in [0.2, 0.25) is 0 Å². The molecule has 0 saturated carbocycles. The van der Waals surface area contributed by atoms with E-state index < -0.39 is 97.5 Å². The number of aliphatic hydroxyl groups is 1. The number of hydrogen-bond donors (Lipinski definition) is 3. The van der Waals surface area contributed by atoms with E-state index in [0.717, 1.165) is 103 Å². The van der Waals surface area contributed by atoms with Gasteiger partial charge in [0.1, 0.15) is 19.3 Å². The van der Waals surface area contributed by atoms with Gasteiger partial charge in [-0.25, -0.2) is 9.13 Å². The number of carbonyl (C=O) groups is 4. The van der Waals surface area contributed by atoms with Crippen molar-refractivity contribution in [1.29, 1.82) is 0 Å². The summed E-state index contributed by atoms with van der Waals surface area (Å²) in [5.41, 5.74) is 0. The highest BCUT2D eigenvalue weighted by Gasteiger charge is 2.30. The van der Waals surface area contributed by atoms with Crippen molar-refractivity contribution in [3.63, 3.8) is 0 Å². The molecule has 0 fully saturated rings. The van der Waals surface area contributed by atoms with E-state index >= 15 is 0 Å². The maximum absolute atomic E-state index is 13.0. The lowest BCUT2D eigenvalue weighted by Gasteiger charge is -2.21. The summed E-state index contributed by atoms with van der Waals surface area (Å²) in [7, 11) is -9.89. The van der Waals surface area contributed by atoms with Crippen molar-refractivity contribution < 1.29 is 80.2 Å². The maximum atomic E-state index is 13.0. The van der Waals surface area contributed by atoms with Crippen LogP contribution < -0.4 is 0 Å². The van der Waals surface area contributed by atoms with Gasteiger partial charge in [-0.05, 0) is 25.7 Å². The Hall–Kier alpha value is -1.94. The molecule has 0 aromatic rings. The fourth-order valence-corrected chi connectivity index (χ4v) is 12.6. The summed E-state index contributed by atoms with van der Waals surface area (Å²) in [4.78, 5) is 72.5. The summed E-state index contributed by atoms with van der Waals surface area (Å²) >= 11 is 0. The average molecular weight is 1340 g/mol. The highest BCUT2D eigenvalue weighted by atomic mass is 31.2. The Balaban J connectivity index is 5.17. The molecule has 0 aromatic carbocycles. The molecule has 0 spiro atoms. The Labute approximate surface area is 556 Å². The molecule has 19 heteroatoms. The van der Waals surface area contributed by atoms with E-state index in [2.05, 4.69) is 27.7 Å². The van der Waals surface area contributed by atoms with E-state index in [9.17, 15) is 43.2 Å². The van der Waals surface area contributed by atoms with Crippen molar-refractivity contribution in [2.45, 2.75) is 399 Å². The molecule has 0 radical (unpaired) electrons. The van der Waals surface area contributed by atoms with E-state index in [4.69, 9.17) is 37.0 Å². The third-order valence-electron chi connectivity index (χ3n) is 16.9. The summed E-state index contributed by atoms with van der Waals surface area (Å²) in [5, 5.41) is 10.6. The largest absolute Gasteiger partial charge is 0.472 e. The lowest BCUT2D eigenvalue weighted by atomic mass is 10.0. The Morgan fingerprint density at radius 1 is 0.264 bits per heavy atom. The second kappa shape index (κ2) is 66.7. The molecule has 0 saturated heterocycles. The molecule has 0 rings (SSSR count). The third-order valence-corrected chi connectivity index (χ3v) is 18.8. The van der Waals surface area contributed by atoms with E-state index in [1.165, 1.54) is 199 Å². The number of esters is 4. The minimum Gasteiger partial charge on any atom is -0.462 e. The first-order valence-electron chi connectivity index (χ1n) is 37.8. The number of unbranched alkanes of at least 4 members (excludes halogenated alkanes) is 47. The second-order valence-corrected chi connectivity index (χ2v) is 28.9. The number of carbonyl (C=O) groups excluding carboxylic acids is 4. The van der Waals surface area contributed by atoms with Gasteiger partial charge in [-0.3, -0.25) is 37.3 Å². The van der Waals surface area contributed by atoms with Gasteiger partial charge in [0.05, 0.1) is 26.4 Å². The number of ether oxygens (including phenoxy) is 4. The first-order chi connectivity index (χ1) is 44.2. The van der Waals surface area contributed by atoms with Crippen LogP contribution in [-0.4, -0.2) is 96.7 Å². The fraction of sp³-hybridized carbons (Fsp3) is 0.944. The predicted octanol–water partition coefficient (Wildman–Crippen LogP) is 21.1. The first-order valence-corrected chi connectivity index (χ1v) is 40.8. The standard InChI is InChI=1S/C72H140O17P2/c1-5-9-13-17-21-24-27-29-31-32-33-34-35-37-40-43-47-51-55-59-72(77)89-68(63-83-70(75)57-53-49-45-41-39-36-30-28-25-22-18-14-10-6-2)65-87-91(80,81)85-61-66(73)60-84-90(78,79)86-64-67(62-82-69(74)56-52-48-44-20-16-12-8-4)88-71(76)58-54-50-46-42-38-26-23-19-15-11-7-3/h66-68,73H,5-65H2,1-4H3,(H,78,79)(H,80,81)/t66-,67+,68+/m0/s1. The molecular formula is C72H140O17P2. The smallest absolute Gasteiger partial charge is 0.462 e. The molecule has 5 atom stereocenters. The minimum absolute atomic E-state index is 0.107. The van der Waals surface area contributed by atoms with Gasteiger partial charge in [0, 0.05) is 25.7 Å². The van der Waals surface area contributed by atoms with Crippen molar-refractivity contribution in [1.82, 2.24) is 0 Å². The quantitative estimate of drug-likeness (QED) is 0.0222. The molecule has 0 aliphatic heterocycles. The Bertz CT molecular complexity index is 1740. The van der Waals surface area contributed by atoms with Crippen LogP contribution in [0.25, 0.3) is 0 Å². The van der Waals surface area contributed by atoms with Gasteiger partial charge in [-0.2, -0.15) is 0 Å². The first kappa shape index (κ1) is 89.1. The van der Waals surface area contributed by atoms with Crippen LogP contribution in [0.1, 0.15) is 381 Å². The van der Waals surface area contributed by atoms with Crippen LogP contribution in [-0.2, 0) is 65.4 Å². The van der Waals surface area contributed by atoms with Crippen molar-refractivity contribution in [3.05, 3.63) is 0 Å². The van der Waals surface area contributed by atoms with Crippen LogP contribution in [0.15, 0.2) is 0 Å². The number of aliphatic hydroxyl groups excluding tert-OH is 1. The Kier molecular flexibility index (Phi) is 65.2. The molecule has 17 nitrogen and oxygen atoms in total. The van der Waals surface area contributed by atoms with Gasteiger partial charge in [0.25, 0.3) is 0 Å². The lowest BCUT2D eigenvalue weighted by Crippen LogP contribution is -2.30. The van der Waals surface area contributed by atoms with Crippen LogP contribution in [0.5, 0.6) is 0 Å². The molecule has 0 bridgehead atoms. The fourth-order valence-electron chi connectivity index (χ4n) is 11.0. The van der Waals surface area contributed by atoms with Crippen LogP contribution in [0.4, 0.5) is 0 Å². The van der Waals surface area contributed by atoms with Crippen molar-refractivity contribution in [3.8, 4) is 0 Å². The number of phosphoric acid groups is 2. The molecule has 2 unspecified atom stereocenters. The van der Waals surface area contributed by atoms with Gasteiger partial charge >= 0.3 is 39.5 Å². The van der Waals surface area contributed by atoms with Gasteiger partial charge in [0.15, 0.2) is 12.2 Å². The summed E-state index contributed by atoms with van der Waals surface area (Å²) < 4.78 is 68.2. The summed E-state index contributed by atoms with van der Waals surface area (Å²) in [6.07, 6.45) is 55.6. The number of hydrogen-bond acceptors (Lipinski definition) is 15. The summed E-state index contributed by atoms with van der Waals surface area (Å²) in [5.74, 6) is -2.12. The average Bonchev–Trinajstić information content (AvgIpc) is 3.70. The molecule has 0 amide bonds. The predicted molar refractivity (Wildman–Crippen MR) is 368 cm³/mol. The zero-order valence-electron chi connectivity index (χ0n) is 58.8. The third kappa shape index (κ3) is 66.5. The monoisotopic (exact) mass is 1340 g/mol. The molecular weight excluding hydrogens is 1200 g/mol. The molecule has 0 aliphatic rings. The Morgan fingerprint density at radius 2 is 0.440 bits per heavy atom. The summed E-state index contributed by atoms with van der Waals surface area (Å²) in [6, 6.07) is 0. The van der Waals surface area contributed by atoms with Crippen molar-refractivity contribution in [2.24, 2.45) is 0 Å². The van der Waals surface area contributed by atoms with Gasteiger partial charge < -0.3 is 33.8 Å². The number of phosphoric ester groups is 2. The molecule has 0 heterocycles. The van der Waals surface area contributed by atoms with Crippen molar-refractivity contribution in [2.75, 3.05) is 39.6 Å². The highest BCUT2D eigenvalue weighted by Crippen LogP contribution is 2.45. The van der Waals surface area contributed by atoms with E-state index in [0.29, 0.717) is 25.7 Å². The SMILES string of the molecule is CCCCCCCCCCCCCCCCCCCCCC(=O)O[C@H](COC(=O)CCCCCCCCCCCCCCCC)COP(=O)(O)OC[C@@H](O)COP(=O)(O)OC[C@@H](COC(=O)CCCCCCCCC)OC(=O)CCCCCCCCCCCCC. The molecule has 91 heavy (non-hydrogen) atoms. The zero-order chi connectivity index (χ0) is 66.8. The zero-order valence-corrected chi connectivity index (χ0v) is 60.6. The van der Waals surface area contributed by atoms with Crippen LogP contribution >= 0.6 is 15.6 Å². The van der Waals surface area contributed by atoms with Crippen molar-refractivity contribution >= 4 is 39.5 Å². The van der Waals surface area contributed by atoms with Crippen LogP contribution in [0.2, 0.25) is 0 Å². The molecule has 540 valence electrons. The van der Waals surface area contributed by atoms with E-state index in [1.54, 1.807) is 0 Å². The van der Waals surface area contributed by atoms with Crippen LogP contribution in [0, 0.1) is 0 Å². The normalized spacial score (nSPS) is 14.0. The second-order valence-electron chi connectivity index (χ2n) is 26.0. The van der Waals surface area contributed by atoms with Gasteiger partial charge in [-0.15, -0.1) is 0 Å². The van der Waals surface area contributed by atoms with Gasteiger partial charge in [-0.1, -0.05) is 329 Å². The number of rotatable bonds is 73. The topological polar surface area (TPSA) is 237 Å². The molecule has 0 aromatic heterocycles. The van der Waals surface area contributed by atoms with Crippen LogP contribution in [0.3, 0.4) is 0 Å². The lowest BCUT2D eigenvalue weighted by molar-refractivity contribution is -0.161. The van der Waals surface area contributed by atoms with E-state index in [-0.39, 0.29) is 25.7 Å². The van der Waals surface area contributed by atoms with E-state index in [1.807, 2.05) is 0 Å². The Morgan fingerprint density at radius 3 is 0.648 bits per heavy atom. The minimum atomic E-state index is -4.95. The maximum Gasteiger partial charge on any atom is 0.472 e.